The van der Waals surface area contributed by atoms with E-state index in [0.29, 0.717) is 5.75 Å². The molecule has 0 aliphatic rings. The molecule has 0 bridgehead atoms. The number of para-hydroxylation sites is 1. The van der Waals surface area contributed by atoms with Crippen LogP contribution in [0.1, 0.15) is 17.0 Å². The van der Waals surface area contributed by atoms with E-state index in [4.69, 9.17) is 0 Å². The van der Waals surface area contributed by atoms with E-state index < -0.39 is 6.36 Å². The number of aromatic nitrogens is 3. The molecule has 3 rings (SSSR count). The first-order valence-electron chi connectivity index (χ1n) is 7.79. The SMILES string of the molecule is Cc1ccccc1-n1c(C)nnc1SCc1ccc(OC(F)(F)F)cc1. The standard InChI is InChI=1S/C18H16F3N3OS/c1-12-5-3-4-6-16(12)24-13(2)22-23-17(24)26-11-14-7-9-15(10-8-14)25-18(19,20)21/h3-10H,11H2,1-2H3. The third kappa shape index (κ3) is 4.37. The van der Waals surface area contributed by atoms with Gasteiger partial charge in [0.15, 0.2) is 5.16 Å². The van der Waals surface area contributed by atoms with Crippen molar-refractivity contribution in [3.05, 3.63) is 65.5 Å². The van der Waals surface area contributed by atoms with Gasteiger partial charge in [0.05, 0.1) is 5.69 Å². The number of hydrogen-bond donors (Lipinski definition) is 0. The largest absolute Gasteiger partial charge is 0.573 e. The minimum atomic E-state index is -4.68. The van der Waals surface area contributed by atoms with Gasteiger partial charge in [-0.25, -0.2) is 0 Å². The summed E-state index contributed by atoms with van der Waals surface area (Å²) < 4.78 is 42.5. The number of benzene rings is 2. The zero-order chi connectivity index (χ0) is 18.7. The Morgan fingerprint density at radius 3 is 2.35 bits per heavy atom. The molecule has 8 heteroatoms. The summed E-state index contributed by atoms with van der Waals surface area (Å²) in [6, 6.07) is 13.8. The fourth-order valence-electron chi connectivity index (χ4n) is 2.46. The predicted molar refractivity (Wildman–Crippen MR) is 93.5 cm³/mol. The molecule has 3 aromatic rings. The lowest BCUT2D eigenvalue weighted by atomic mass is 10.2. The van der Waals surface area contributed by atoms with Crippen molar-refractivity contribution in [1.82, 2.24) is 14.8 Å². The van der Waals surface area contributed by atoms with Crippen molar-refractivity contribution < 1.29 is 17.9 Å². The molecule has 0 atom stereocenters. The highest BCUT2D eigenvalue weighted by atomic mass is 32.2. The molecule has 0 radical (unpaired) electrons. The maximum atomic E-state index is 12.2. The number of ether oxygens (including phenoxy) is 1. The predicted octanol–water partition coefficient (Wildman–Crippen LogP) is 5.08. The highest BCUT2D eigenvalue weighted by Gasteiger charge is 2.30. The van der Waals surface area contributed by atoms with E-state index in [2.05, 4.69) is 14.9 Å². The monoisotopic (exact) mass is 379 g/mol. The van der Waals surface area contributed by atoms with Crippen molar-refractivity contribution in [3.8, 4) is 11.4 Å². The van der Waals surface area contributed by atoms with Crippen molar-refractivity contribution in [2.75, 3.05) is 0 Å². The van der Waals surface area contributed by atoms with Gasteiger partial charge in [0.1, 0.15) is 11.6 Å². The average molecular weight is 379 g/mol. The molecule has 1 aromatic heterocycles. The van der Waals surface area contributed by atoms with Crippen molar-refractivity contribution in [3.63, 3.8) is 0 Å². The Labute approximate surface area is 153 Å². The van der Waals surface area contributed by atoms with Gasteiger partial charge in [-0.2, -0.15) is 0 Å². The molecule has 0 saturated heterocycles. The van der Waals surface area contributed by atoms with Crippen molar-refractivity contribution in [2.24, 2.45) is 0 Å². The smallest absolute Gasteiger partial charge is 0.406 e. The van der Waals surface area contributed by atoms with Gasteiger partial charge in [0, 0.05) is 5.75 Å². The number of hydrogen-bond acceptors (Lipinski definition) is 4. The topological polar surface area (TPSA) is 39.9 Å². The van der Waals surface area contributed by atoms with E-state index in [1.165, 1.54) is 23.9 Å². The second-order valence-corrected chi connectivity index (χ2v) is 6.57. The summed E-state index contributed by atoms with van der Waals surface area (Å²) in [7, 11) is 0. The molecule has 2 aromatic carbocycles. The summed E-state index contributed by atoms with van der Waals surface area (Å²) in [6.07, 6.45) is -4.68. The van der Waals surface area contributed by atoms with Gasteiger partial charge in [-0.3, -0.25) is 4.57 Å². The Morgan fingerprint density at radius 1 is 1.00 bits per heavy atom. The number of nitrogens with zero attached hydrogens (tertiary/aromatic N) is 3. The fraction of sp³-hybridized carbons (Fsp3) is 0.222. The van der Waals surface area contributed by atoms with Gasteiger partial charge >= 0.3 is 6.36 Å². The lowest BCUT2D eigenvalue weighted by molar-refractivity contribution is -0.274. The molecule has 0 aliphatic heterocycles. The normalized spacial score (nSPS) is 11.6. The Balaban J connectivity index is 1.74. The molecule has 136 valence electrons. The van der Waals surface area contributed by atoms with Crippen LogP contribution in [0.3, 0.4) is 0 Å². The second-order valence-electron chi connectivity index (χ2n) is 5.63. The molecule has 1 heterocycles. The van der Waals surface area contributed by atoms with E-state index in [9.17, 15) is 13.2 Å². The van der Waals surface area contributed by atoms with Gasteiger partial charge in [-0.15, -0.1) is 23.4 Å². The summed E-state index contributed by atoms with van der Waals surface area (Å²) in [6.45, 7) is 3.90. The van der Waals surface area contributed by atoms with Crippen LogP contribution in [0.5, 0.6) is 5.75 Å². The quantitative estimate of drug-likeness (QED) is 0.580. The number of alkyl halides is 3. The molecule has 0 saturated carbocycles. The summed E-state index contributed by atoms with van der Waals surface area (Å²) in [5.74, 6) is 1.09. The maximum Gasteiger partial charge on any atom is 0.573 e. The molecular weight excluding hydrogens is 363 g/mol. The highest BCUT2D eigenvalue weighted by molar-refractivity contribution is 7.98. The molecule has 4 nitrogen and oxygen atoms in total. The first kappa shape index (κ1) is 18.3. The van der Waals surface area contributed by atoms with Gasteiger partial charge in [0.2, 0.25) is 0 Å². The number of halogens is 3. The molecule has 0 unspecified atom stereocenters. The Hall–Kier alpha value is -2.48. The summed E-state index contributed by atoms with van der Waals surface area (Å²) >= 11 is 1.47. The first-order valence-corrected chi connectivity index (χ1v) is 8.77. The van der Waals surface area contributed by atoms with Gasteiger partial charge < -0.3 is 4.74 Å². The van der Waals surface area contributed by atoms with Crippen LogP contribution in [0, 0.1) is 13.8 Å². The van der Waals surface area contributed by atoms with Crippen LogP contribution >= 0.6 is 11.8 Å². The highest BCUT2D eigenvalue weighted by Crippen LogP contribution is 2.28. The van der Waals surface area contributed by atoms with E-state index in [0.717, 1.165) is 27.8 Å². The average Bonchev–Trinajstić information content (AvgIpc) is 2.94. The third-order valence-corrected chi connectivity index (χ3v) is 4.68. The minimum absolute atomic E-state index is 0.231. The van der Waals surface area contributed by atoms with E-state index >= 15 is 0 Å². The lowest BCUT2D eigenvalue weighted by Crippen LogP contribution is -2.16. The van der Waals surface area contributed by atoms with Crippen LogP contribution < -0.4 is 4.74 Å². The maximum absolute atomic E-state index is 12.2. The van der Waals surface area contributed by atoms with Crippen LogP contribution in [0.15, 0.2) is 53.7 Å². The number of aryl methyl sites for hydroxylation is 2. The zero-order valence-corrected chi connectivity index (χ0v) is 14.9. The van der Waals surface area contributed by atoms with Gasteiger partial charge in [-0.05, 0) is 43.2 Å². The molecule has 26 heavy (non-hydrogen) atoms. The fourth-order valence-corrected chi connectivity index (χ4v) is 3.41. The van der Waals surface area contributed by atoms with Gasteiger partial charge in [0.25, 0.3) is 0 Å². The molecular formula is C18H16F3N3OS. The lowest BCUT2D eigenvalue weighted by Gasteiger charge is -2.11. The Morgan fingerprint density at radius 2 is 1.69 bits per heavy atom. The van der Waals surface area contributed by atoms with Gasteiger partial charge in [-0.1, -0.05) is 42.1 Å². The number of thioether (sulfide) groups is 1. The van der Waals surface area contributed by atoms with Crippen LogP contribution in [0.25, 0.3) is 5.69 Å². The van der Waals surface area contributed by atoms with Crippen molar-refractivity contribution >= 4 is 11.8 Å². The van der Waals surface area contributed by atoms with Crippen LogP contribution in [-0.4, -0.2) is 21.1 Å². The van der Waals surface area contributed by atoms with E-state index in [-0.39, 0.29) is 5.75 Å². The number of rotatable bonds is 5. The second kappa shape index (κ2) is 7.41. The molecule has 0 amide bonds. The zero-order valence-electron chi connectivity index (χ0n) is 14.1. The van der Waals surface area contributed by atoms with Crippen LogP contribution in [0.2, 0.25) is 0 Å². The van der Waals surface area contributed by atoms with Crippen molar-refractivity contribution in [1.29, 1.82) is 0 Å². The summed E-state index contributed by atoms with van der Waals surface area (Å²) in [5.41, 5.74) is 2.97. The Kier molecular flexibility index (Phi) is 5.22. The van der Waals surface area contributed by atoms with E-state index in [1.54, 1.807) is 12.1 Å². The van der Waals surface area contributed by atoms with E-state index in [1.807, 2.05) is 42.7 Å². The molecule has 0 spiro atoms. The Bertz CT molecular complexity index is 891. The van der Waals surface area contributed by atoms with Crippen molar-refractivity contribution in [2.45, 2.75) is 31.1 Å². The van der Waals surface area contributed by atoms with Crippen LogP contribution in [-0.2, 0) is 5.75 Å². The summed E-state index contributed by atoms with van der Waals surface area (Å²) in [4.78, 5) is 0. The third-order valence-electron chi connectivity index (χ3n) is 3.68. The van der Waals surface area contributed by atoms with Crippen LogP contribution in [0.4, 0.5) is 13.2 Å². The molecule has 0 N–H and O–H groups in total. The molecule has 0 aliphatic carbocycles. The minimum Gasteiger partial charge on any atom is -0.406 e. The first-order chi connectivity index (χ1) is 12.3. The summed E-state index contributed by atoms with van der Waals surface area (Å²) in [5, 5.41) is 9.09. The molecule has 0 fully saturated rings.